The number of nitrogens with one attached hydrogen (secondary N) is 1. The lowest BCUT2D eigenvalue weighted by atomic mass is 10.1. The number of piperazine rings is 1. The Morgan fingerprint density at radius 2 is 1.77 bits per heavy atom. The predicted octanol–water partition coefficient (Wildman–Crippen LogP) is 1.07. The minimum atomic E-state index is -4.63. The lowest BCUT2D eigenvalue weighted by molar-refractivity contribution is -0.119. The standard InChI is InChI=1S/C21H25FN6O6S/c1-13(2)18-19(29)28(20(25-18)35(31,32)33)17-6-4-15(12-24-17)34-21(30)27-9-7-26(8-10-27)16-5-3-14(22)11-23-16/h3-6,11-13,18,20,25H,7-10H2,1-2H3,(H,31,32,33). The Balaban J connectivity index is 1.39. The number of anilines is 2. The molecule has 0 bridgehead atoms. The van der Waals surface area contributed by atoms with Crippen LogP contribution in [0.5, 0.6) is 5.75 Å². The second kappa shape index (κ2) is 9.71. The number of amides is 2. The van der Waals surface area contributed by atoms with Gasteiger partial charge < -0.3 is 14.5 Å². The van der Waals surface area contributed by atoms with Crippen molar-refractivity contribution in [2.45, 2.75) is 25.4 Å². The molecule has 2 aromatic heterocycles. The molecule has 2 aromatic rings. The van der Waals surface area contributed by atoms with Crippen LogP contribution in [0.1, 0.15) is 13.8 Å². The van der Waals surface area contributed by atoms with Crippen LogP contribution >= 0.6 is 0 Å². The average Bonchev–Trinajstić information content (AvgIpc) is 3.18. The quantitative estimate of drug-likeness (QED) is 0.563. The lowest BCUT2D eigenvalue weighted by Gasteiger charge is -2.34. The molecule has 2 fully saturated rings. The molecule has 35 heavy (non-hydrogen) atoms. The highest BCUT2D eigenvalue weighted by molar-refractivity contribution is 7.86. The fraction of sp³-hybridized carbons (Fsp3) is 0.429. The zero-order valence-electron chi connectivity index (χ0n) is 19.0. The van der Waals surface area contributed by atoms with Gasteiger partial charge in [-0.3, -0.25) is 19.6 Å². The number of hydrogen-bond acceptors (Lipinski definition) is 9. The molecule has 12 nitrogen and oxygen atoms in total. The van der Waals surface area contributed by atoms with E-state index in [4.69, 9.17) is 4.74 Å². The SMILES string of the molecule is CC(C)C1NC(S(=O)(=O)O)N(c2ccc(OC(=O)N3CCN(c4ccc(F)cn4)CC3)cn2)C1=O. The first-order valence-electron chi connectivity index (χ1n) is 10.9. The molecule has 0 aliphatic carbocycles. The third-order valence-corrected chi connectivity index (χ3v) is 6.67. The molecule has 0 aromatic carbocycles. The summed E-state index contributed by atoms with van der Waals surface area (Å²) in [7, 11) is -4.63. The topological polar surface area (TPSA) is 145 Å². The predicted molar refractivity (Wildman–Crippen MR) is 123 cm³/mol. The number of nitrogens with zero attached hydrogens (tertiary/aromatic N) is 5. The number of aromatic nitrogens is 2. The van der Waals surface area contributed by atoms with Crippen LogP contribution in [0.15, 0.2) is 36.7 Å². The fourth-order valence-corrected chi connectivity index (χ4v) is 4.71. The van der Waals surface area contributed by atoms with Gasteiger partial charge in [0.25, 0.3) is 0 Å². The minimum Gasteiger partial charge on any atom is -0.409 e. The van der Waals surface area contributed by atoms with Crippen molar-refractivity contribution in [3.8, 4) is 5.75 Å². The van der Waals surface area contributed by atoms with Crippen LogP contribution in [0.2, 0.25) is 0 Å². The first-order valence-corrected chi connectivity index (χ1v) is 12.4. The number of rotatable bonds is 5. The number of carbonyl (C=O) groups excluding carboxylic acids is 2. The molecule has 188 valence electrons. The van der Waals surface area contributed by atoms with E-state index >= 15 is 0 Å². The van der Waals surface area contributed by atoms with Crippen molar-refractivity contribution in [3.63, 3.8) is 0 Å². The van der Waals surface area contributed by atoms with Gasteiger partial charge in [0.1, 0.15) is 17.5 Å². The molecule has 0 saturated carbocycles. The molecule has 2 N–H and O–H groups in total. The number of carbonyl (C=O) groups is 2. The highest BCUT2D eigenvalue weighted by atomic mass is 32.2. The molecule has 2 amide bonds. The summed E-state index contributed by atoms with van der Waals surface area (Å²) in [4.78, 5) is 37.7. The van der Waals surface area contributed by atoms with Crippen LogP contribution < -0.4 is 19.9 Å². The molecule has 0 radical (unpaired) electrons. The zero-order valence-corrected chi connectivity index (χ0v) is 19.9. The van der Waals surface area contributed by atoms with Gasteiger partial charge >= 0.3 is 16.2 Å². The maximum atomic E-state index is 13.1. The summed E-state index contributed by atoms with van der Waals surface area (Å²) in [6, 6.07) is 4.81. The Kier molecular flexibility index (Phi) is 6.87. The molecule has 4 heterocycles. The smallest absolute Gasteiger partial charge is 0.409 e. The number of ether oxygens (including phenoxy) is 1. The van der Waals surface area contributed by atoms with Crippen LogP contribution in [-0.4, -0.2) is 77.6 Å². The number of halogens is 1. The Bertz CT molecular complexity index is 1190. The summed E-state index contributed by atoms with van der Waals surface area (Å²) in [5, 5.41) is 2.62. The maximum absolute atomic E-state index is 13.1. The molecule has 2 unspecified atom stereocenters. The average molecular weight is 509 g/mol. The Hall–Kier alpha value is -3.36. The molecule has 4 rings (SSSR count). The van der Waals surface area contributed by atoms with Crippen LogP contribution in [0.25, 0.3) is 0 Å². The molecule has 14 heteroatoms. The van der Waals surface area contributed by atoms with Crippen molar-refractivity contribution in [2.75, 3.05) is 36.0 Å². The summed E-state index contributed by atoms with van der Waals surface area (Å²) in [6.45, 7) is 5.19. The van der Waals surface area contributed by atoms with Crippen molar-refractivity contribution in [2.24, 2.45) is 5.92 Å². The lowest BCUT2D eigenvalue weighted by Crippen LogP contribution is -2.49. The van der Waals surface area contributed by atoms with E-state index in [1.807, 2.05) is 4.90 Å². The van der Waals surface area contributed by atoms with Crippen molar-refractivity contribution in [1.29, 1.82) is 0 Å². The normalized spacial score (nSPS) is 21.1. The highest BCUT2D eigenvalue weighted by Gasteiger charge is 2.47. The molecule has 2 saturated heterocycles. The fourth-order valence-electron chi connectivity index (χ4n) is 3.91. The highest BCUT2D eigenvalue weighted by Crippen LogP contribution is 2.27. The van der Waals surface area contributed by atoms with Crippen LogP contribution in [-0.2, 0) is 14.9 Å². The van der Waals surface area contributed by atoms with E-state index in [-0.39, 0.29) is 17.5 Å². The summed E-state index contributed by atoms with van der Waals surface area (Å²) >= 11 is 0. The Morgan fingerprint density at radius 3 is 2.31 bits per heavy atom. The van der Waals surface area contributed by atoms with Gasteiger partial charge in [0.2, 0.25) is 11.4 Å². The molecule has 2 atom stereocenters. The van der Waals surface area contributed by atoms with Gasteiger partial charge in [-0.1, -0.05) is 13.8 Å². The van der Waals surface area contributed by atoms with Crippen molar-refractivity contribution in [3.05, 3.63) is 42.5 Å². The first kappa shape index (κ1) is 24.8. The Morgan fingerprint density at radius 1 is 1.11 bits per heavy atom. The first-order chi connectivity index (χ1) is 16.5. The molecule has 2 aliphatic heterocycles. The molecular formula is C21H25FN6O6S. The van der Waals surface area contributed by atoms with E-state index in [0.29, 0.717) is 32.0 Å². The largest absolute Gasteiger partial charge is 0.415 e. The van der Waals surface area contributed by atoms with Crippen LogP contribution in [0.3, 0.4) is 0 Å². The van der Waals surface area contributed by atoms with Gasteiger partial charge in [-0.25, -0.2) is 19.2 Å². The van der Waals surface area contributed by atoms with Crippen molar-refractivity contribution < 1.29 is 31.7 Å². The van der Waals surface area contributed by atoms with Crippen LogP contribution in [0.4, 0.5) is 20.8 Å². The van der Waals surface area contributed by atoms with Gasteiger partial charge in [-0.05, 0) is 30.2 Å². The van der Waals surface area contributed by atoms with Gasteiger partial charge in [-0.2, -0.15) is 8.42 Å². The van der Waals surface area contributed by atoms with Crippen molar-refractivity contribution in [1.82, 2.24) is 20.2 Å². The van der Waals surface area contributed by atoms with Gasteiger partial charge in [-0.15, -0.1) is 0 Å². The van der Waals surface area contributed by atoms with E-state index in [9.17, 15) is 27.0 Å². The zero-order chi connectivity index (χ0) is 25.3. The third-order valence-electron chi connectivity index (χ3n) is 5.76. The second-order valence-corrected chi connectivity index (χ2v) is 9.97. The maximum Gasteiger partial charge on any atom is 0.415 e. The summed E-state index contributed by atoms with van der Waals surface area (Å²) in [5.41, 5.74) is -1.67. The number of pyridine rings is 2. The van der Waals surface area contributed by atoms with E-state index < -0.39 is 39.5 Å². The van der Waals surface area contributed by atoms with E-state index in [0.717, 1.165) is 11.1 Å². The summed E-state index contributed by atoms with van der Waals surface area (Å²) < 4.78 is 51.6. The van der Waals surface area contributed by atoms with E-state index in [1.54, 1.807) is 19.9 Å². The monoisotopic (exact) mass is 508 g/mol. The van der Waals surface area contributed by atoms with Gasteiger partial charge in [0, 0.05) is 26.2 Å². The van der Waals surface area contributed by atoms with E-state index in [2.05, 4.69) is 15.3 Å². The van der Waals surface area contributed by atoms with Gasteiger partial charge in [0.15, 0.2) is 5.75 Å². The third kappa shape index (κ3) is 5.33. The van der Waals surface area contributed by atoms with Crippen LogP contribution in [0, 0.1) is 11.7 Å². The second-order valence-electron chi connectivity index (χ2n) is 8.49. The summed E-state index contributed by atoms with van der Waals surface area (Å²) in [5.74, 6) is -0.495. The summed E-state index contributed by atoms with van der Waals surface area (Å²) in [6.07, 6.45) is 1.74. The van der Waals surface area contributed by atoms with Crippen molar-refractivity contribution >= 4 is 33.8 Å². The molecule has 0 spiro atoms. The Labute approximate surface area is 201 Å². The number of hydrogen-bond donors (Lipinski definition) is 2. The minimum absolute atomic E-state index is 0.0199. The molecular weight excluding hydrogens is 483 g/mol. The van der Waals surface area contributed by atoms with E-state index in [1.165, 1.54) is 29.3 Å². The molecule has 2 aliphatic rings. The van der Waals surface area contributed by atoms with Gasteiger partial charge in [0.05, 0.1) is 18.4 Å².